The van der Waals surface area contributed by atoms with E-state index in [0.29, 0.717) is 26.2 Å². The third-order valence-corrected chi connectivity index (χ3v) is 4.75. The largest absolute Gasteiger partial charge is 0.379 e. The van der Waals surface area contributed by atoms with Gasteiger partial charge in [0.2, 0.25) is 5.91 Å². The summed E-state index contributed by atoms with van der Waals surface area (Å²) in [5, 5.41) is 3.07. The minimum Gasteiger partial charge on any atom is -0.379 e. The summed E-state index contributed by atoms with van der Waals surface area (Å²) >= 11 is 0. The van der Waals surface area contributed by atoms with Gasteiger partial charge in [0, 0.05) is 50.8 Å². The van der Waals surface area contributed by atoms with E-state index >= 15 is 0 Å². The summed E-state index contributed by atoms with van der Waals surface area (Å²) < 4.78 is 7.42. The van der Waals surface area contributed by atoms with Crippen molar-refractivity contribution in [3.8, 4) is 0 Å². The molecule has 27 heavy (non-hydrogen) atoms. The zero-order valence-electron chi connectivity index (χ0n) is 15.1. The number of morpholine rings is 1. The maximum Gasteiger partial charge on any atom is 0.242 e. The van der Waals surface area contributed by atoms with E-state index in [1.165, 1.54) is 0 Å². The molecule has 0 aliphatic carbocycles. The summed E-state index contributed by atoms with van der Waals surface area (Å²) in [5.41, 5.74) is 2.79. The number of hydrogen-bond donors (Lipinski definition) is 1. The average molecular weight is 365 g/mol. The lowest BCUT2D eigenvalue weighted by atomic mass is 10.1. The molecule has 4 heterocycles. The number of pyridine rings is 2. The van der Waals surface area contributed by atoms with E-state index in [1.54, 1.807) is 12.4 Å². The van der Waals surface area contributed by atoms with Crippen LogP contribution in [0, 0.1) is 0 Å². The van der Waals surface area contributed by atoms with E-state index in [0.717, 1.165) is 30.0 Å². The highest BCUT2D eigenvalue weighted by molar-refractivity contribution is 5.83. The number of rotatable bonds is 6. The molecule has 0 aromatic carbocycles. The highest BCUT2D eigenvalue weighted by Crippen LogP contribution is 2.21. The predicted molar refractivity (Wildman–Crippen MR) is 101 cm³/mol. The number of nitrogens with zero attached hydrogens (tertiary/aromatic N) is 4. The summed E-state index contributed by atoms with van der Waals surface area (Å²) in [6, 6.07) is 9.39. The zero-order valence-corrected chi connectivity index (χ0v) is 15.1. The third-order valence-electron chi connectivity index (χ3n) is 4.75. The van der Waals surface area contributed by atoms with Crippen LogP contribution in [0.15, 0.2) is 55.1 Å². The number of aromatic nitrogens is 3. The van der Waals surface area contributed by atoms with Crippen LogP contribution in [-0.4, -0.2) is 58.0 Å². The van der Waals surface area contributed by atoms with Crippen molar-refractivity contribution in [2.75, 3.05) is 32.8 Å². The number of carbonyl (C=O) groups is 1. The number of amides is 1. The van der Waals surface area contributed by atoms with Gasteiger partial charge in [-0.3, -0.25) is 14.7 Å². The van der Waals surface area contributed by atoms with Crippen molar-refractivity contribution in [3.63, 3.8) is 0 Å². The lowest BCUT2D eigenvalue weighted by Gasteiger charge is -2.33. The summed E-state index contributed by atoms with van der Waals surface area (Å²) in [6.07, 6.45) is 8.16. The predicted octanol–water partition coefficient (Wildman–Crippen LogP) is 1.46. The molecule has 0 spiro atoms. The van der Waals surface area contributed by atoms with E-state index in [2.05, 4.69) is 20.2 Å². The van der Waals surface area contributed by atoms with Gasteiger partial charge in [-0.05, 0) is 23.8 Å². The number of carbonyl (C=O) groups excluding carboxylic acids is 1. The fourth-order valence-corrected chi connectivity index (χ4v) is 3.42. The van der Waals surface area contributed by atoms with Crippen molar-refractivity contribution in [2.45, 2.75) is 12.5 Å². The fourth-order valence-electron chi connectivity index (χ4n) is 3.42. The van der Waals surface area contributed by atoms with E-state index in [4.69, 9.17) is 4.74 Å². The highest BCUT2D eigenvalue weighted by Gasteiger charge is 2.29. The van der Waals surface area contributed by atoms with Gasteiger partial charge in [0.25, 0.3) is 0 Å². The number of nitrogens with one attached hydrogen (secondary N) is 1. The molecule has 1 saturated heterocycles. The molecule has 0 radical (unpaired) electrons. The van der Waals surface area contributed by atoms with Gasteiger partial charge in [0.1, 0.15) is 11.7 Å². The molecule has 0 bridgehead atoms. The number of hydrogen-bond acceptors (Lipinski definition) is 5. The Morgan fingerprint density at radius 1 is 1.22 bits per heavy atom. The van der Waals surface area contributed by atoms with Crippen LogP contribution in [0.3, 0.4) is 0 Å². The van der Waals surface area contributed by atoms with Crippen LogP contribution in [-0.2, 0) is 16.0 Å². The molecule has 0 unspecified atom stereocenters. The summed E-state index contributed by atoms with van der Waals surface area (Å²) in [4.78, 5) is 23.9. The third kappa shape index (κ3) is 4.15. The zero-order chi connectivity index (χ0) is 18.5. The highest BCUT2D eigenvalue weighted by atomic mass is 16.5. The lowest BCUT2D eigenvalue weighted by molar-refractivity contribution is -0.128. The molecule has 4 rings (SSSR count). The van der Waals surface area contributed by atoms with Crippen LogP contribution in [0.4, 0.5) is 0 Å². The van der Waals surface area contributed by atoms with Crippen LogP contribution in [0.5, 0.6) is 0 Å². The molecule has 7 nitrogen and oxygen atoms in total. The van der Waals surface area contributed by atoms with Crippen LogP contribution >= 0.6 is 0 Å². The monoisotopic (exact) mass is 365 g/mol. The summed E-state index contributed by atoms with van der Waals surface area (Å²) in [7, 11) is 0. The van der Waals surface area contributed by atoms with Crippen LogP contribution in [0.1, 0.15) is 17.3 Å². The van der Waals surface area contributed by atoms with Crippen LogP contribution in [0.25, 0.3) is 5.65 Å². The normalized spacial score (nSPS) is 16.3. The Bertz CT molecular complexity index is 857. The number of ether oxygens (including phenoxy) is 1. The molecule has 1 aliphatic rings. The van der Waals surface area contributed by atoms with E-state index in [1.807, 2.05) is 47.1 Å². The Balaban J connectivity index is 1.41. The van der Waals surface area contributed by atoms with E-state index < -0.39 is 0 Å². The molecule has 1 N–H and O–H groups in total. The molecule has 3 aromatic rings. The number of imidazole rings is 1. The van der Waals surface area contributed by atoms with E-state index in [-0.39, 0.29) is 11.9 Å². The van der Waals surface area contributed by atoms with Crippen molar-refractivity contribution in [1.82, 2.24) is 24.6 Å². The molecule has 1 aliphatic heterocycles. The molecule has 3 aromatic heterocycles. The second-order valence-electron chi connectivity index (χ2n) is 6.58. The minimum absolute atomic E-state index is 0.00587. The Morgan fingerprint density at radius 3 is 2.89 bits per heavy atom. The second-order valence-corrected chi connectivity index (χ2v) is 6.58. The molecular formula is C20H23N5O2. The molecule has 1 amide bonds. The average Bonchev–Trinajstić information content (AvgIpc) is 3.13. The van der Waals surface area contributed by atoms with Crippen LogP contribution in [0.2, 0.25) is 0 Å². The molecule has 140 valence electrons. The van der Waals surface area contributed by atoms with Gasteiger partial charge in [-0.25, -0.2) is 4.98 Å². The second kappa shape index (κ2) is 8.28. The first-order valence-corrected chi connectivity index (χ1v) is 9.23. The lowest BCUT2D eigenvalue weighted by Crippen LogP contribution is -2.46. The van der Waals surface area contributed by atoms with Crippen molar-refractivity contribution in [2.24, 2.45) is 0 Å². The molecule has 0 saturated carbocycles. The summed E-state index contributed by atoms with van der Waals surface area (Å²) in [5.74, 6) is -0.00587. The Labute approximate surface area is 158 Å². The summed E-state index contributed by atoms with van der Waals surface area (Å²) in [6.45, 7) is 3.30. The molecule has 7 heteroatoms. The van der Waals surface area contributed by atoms with Gasteiger partial charge in [-0.15, -0.1) is 0 Å². The fraction of sp³-hybridized carbons (Fsp3) is 0.350. The van der Waals surface area contributed by atoms with Crippen LogP contribution < -0.4 is 5.32 Å². The quantitative estimate of drug-likeness (QED) is 0.716. The molecular weight excluding hydrogens is 342 g/mol. The van der Waals surface area contributed by atoms with Gasteiger partial charge in [-0.2, -0.15) is 0 Å². The van der Waals surface area contributed by atoms with Gasteiger partial charge < -0.3 is 14.5 Å². The Kier molecular flexibility index (Phi) is 5.41. The minimum atomic E-state index is -0.344. The first kappa shape index (κ1) is 17.6. The Morgan fingerprint density at radius 2 is 2.11 bits per heavy atom. The van der Waals surface area contributed by atoms with Crippen molar-refractivity contribution < 1.29 is 9.53 Å². The van der Waals surface area contributed by atoms with Crippen molar-refractivity contribution in [3.05, 3.63) is 66.4 Å². The Hall–Kier alpha value is -2.77. The van der Waals surface area contributed by atoms with Gasteiger partial charge in [-0.1, -0.05) is 12.1 Å². The van der Waals surface area contributed by atoms with Gasteiger partial charge in [0.15, 0.2) is 0 Å². The van der Waals surface area contributed by atoms with E-state index in [9.17, 15) is 4.79 Å². The topological polar surface area (TPSA) is 71.8 Å². The SMILES string of the molecule is O=C(NCCc1cn2ccccc2n1)[C@@H](c1cccnc1)N1CCOCC1. The maximum absolute atomic E-state index is 13.0. The maximum atomic E-state index is 13.0. The number of fused-ring (bicyclic) bond motifs is 1. The molecule has 1 fully saturated rings. The van der Waals surface area contributed by atoms with Crippen molar-refractivity contribution in [1.29, 1.82) is 0 Å². The first-order valence-electron chi connectivity index (χ1n) is 9.23. The first-order chi connectivity index (χ1) is 13.3. The van der Waals surface area contributed by atoms with Crippen molar-refractivity contribution >= 4 is 11.6 Å². The van der Waals surface area contributed by atoms with Gasteiger partial charge >= 0.3 is 0 Å². The smallest absolute Gasteiger partial charge is 0.242 e. The standard InChI is InChI=1S/C20H23N5O2/c26-20(22-8-6-17-15-25-9-2-1-5-18(25)23-17)19(16-4-3-7-21-14-16)24-10-12-27-13-11-24/h1-5,7,9,14-15,19H,6,8,10-13H2,(H,22,26)/t19-/m1/s1. The van der Waals surface area contributed by atoms with Gasteiger partial charge in [0.05, 0.1) is 18.9 Å². The molecule has 1 atom stereocenters.